The van der Waals surface area contributed by atoms with E-state index in [0.717, 1.165) is 6.07 Å². The molecule has 0 bridgehead atoms. The molecule has 1 amide bonds. The molecule has 0 spiro atoms. The summed E-state index contributed by atoms with van der Waals surface area (Å²) < 4.78 is 12.9. The van der Waals surface area contributed by atoms with Crippen LogP contribution in [0.4, 0.5) is 10.1 Å². The topological polar surface area (TPSA) is 37.4 Å². The molecule has 3 nitrogen and oxygen atoms in total. The summed E-state index contributed by atoms with van der Waals surface area (Å²) in [5, 5.41) is 0. The molecule has 0 atom stereocenters. The summed E-state index contributed by atoms with van der Waals surface area (Å²) in [7, 11) is 0. The van der Waals surface area contributed by atoms with E-state index in [0.29, 0.717) is 5.69 Å². The number of fused-ring (bicyclic) bond motifs is 1. The summed E-state index contributed by atoms with van der Waals surface area (Å²) in [5.41, 5.74) is 0.553. The second-order valence-corrected chi connectivity index (χ2v) is 3.51. The first-order chi connectivity index (χ1) is 7.15. The van der Waals surface area contributed by atoms with Crippen LogP contribution >= 0.6 is 11.6 Å². The highest BCUT2D eigenvalue weighted by Gasteiger charge is 2.35. The molecule has 0 radical (unpaired) electrons. The molecular weight excluding hydrogens is 221 g/mol. The van der Waals surface area contributed by atoms with Crippen molar-refractivity contribution in [3.63, 3.8) is 0 Å². The summed E-state index contributed by atoms with van der Waals surface area (Å²) in [6, 6.07) is 3.65. The predicted octanol–water partition coefficient (Wildman–Crippen LogP) is 1.59. The molecule has 1 aromatic carbocycles. The van der Waals surface area contributed by atoms with Crippen molar-refractivity contribution in [3.05, 3.63) is 29.6 Å². The number of halogens is 2. The Balaban J connectivity index is 2.51. The predicted molar refractivity (Wildman–Crippen MR) is 53.8 cm³/mol. The van der Waals surface area contributed by atoms with Crippen molar-refractivity contribution < 1.29 is 14.0 Å². The lowest BCUT2D eigenvalue weighted by Crippen LogP contribution is -2.31. The second-order valence-electron chi connectivity index (χ2n) is 3.14. The summed E-state index contributed by atoms with van der Waals surface area (Å²) >= 11 is 5.50. The molecular formula is C10H7ClFNO2. The zero-order chi connectivity index (χ0) is 11.0. The van der Waals surface area contributed by atoms with Gasteiger partial charge in [0, 0.05) is 12.4 Å². The summed E-state index contributed by atoms with van der Waals surface area (Å²) in [5.74, 6) is -1.52. The smallest absolute Gasteiger partial charge is 0.299 e. The van der Waals surface area contributed by atoms with Gasteiger partial charge >= 0.3 is 0 Å². The Kier molecular flexibility index (Phi) is 2.44. The number of carbonyl (C=O) groups excluding carboxylic acids is 2. The summed E-state index contributed by atoms with van der Waals surface area (Å²) in [6.07, 6.45) is 0. The average Bonchev–Trinajstić information content (AvgIpc) is 2.44. The van der Waals surface area contributed by atoms with Crippen molar-refractivity contribution in [1.29, 1.82) is 0 Å². The molecule has 0 saturated carbocycles. The molecule has 5 heteroatoms. The van der Waals surface area contributed by atoms with Crippen molar-refractivity contribution in [2.75, 3.05) is 17.3 Å². The van der Waals surface area contributed by atoms with E-state index in [1.165, 1.54) is 17.0 Å². The van der Waals surface area contributed by atoms with Gasteiger partial charge in [0.2, 0.25) is 0 Å². The van der Waals surface area contributed by atoms with E-state index in [1.54, 1.807) is 0 Å². The van der Waals surface area contributed by atoms with Crippen LogP contribution in [0.25, 0.3) is 0 Å². The molecule has 1 aromatic rings. The van der Waals surface area contributed by atoms with Crippen LogP contribution in [0.2, 0.25) is 0 Å². The Labute approximate surface area is 90.4 Å². The van der Waals surface area contributed by atoms with Crippen molar-refractivity contribution >= 4 is 29.0 Å². The first kappa shape index (κ1) is 10.1. The van der Waals surface area contributed by atoms with Crippen LogP contribution in [0, 0.1) is 5.82 Å². The Morgan fingerprint density at radius 2 is 2.07 bits per heavy atom. The third-order valence-electron chi connectivity index (χ3n) is 2.24. The van der Waals surface area contributed by atoms with Gasteiger partial charge in [-0.2, -0.15) is 0 Å². The lowest BCUT2D eigenvalue weighted by molar-refractivity contribution is -0.114. The lowest BCUT2D eigenvalue weighted by Gasteiger charge is -2.14. The van der Waals surface area contributed by atoms with Crippen molar-refractivity contribution in [3.8, 4) is 0 Å². The van der Waals surface area contributed by atoms with Crippen LogP contribution < -0.4 is 4.90 Å². The fourth-order valence-corrected chi connectivity index (χ4v) is 1.74. The van der Waals surface area contributed by atoms with E-state index in [2.05, 4.69) is 0 Å². The third kappa shape index (κ3) is 1.51. The fraction of sp³-hybridized carbons (Fsp3) is 0.200. The minimum Gasteiger partial charge on any atom is -0.303 e. The molecule has 0 unspecified atom stereocenters. The van der Waals surface area contributed by atoms with Crippen LogP contribution in [0.3, 0.4) is 0 Å². The van der Waals surface area contributed by atoms with Gasteiger partial charge in [-0.3, -0.25) is 9.59 Å². The maximum absolute atomic E-state index is 12.9. The van der Waals surface area contributed by atoms with Gasteiger partial charge in [-0.05, 0) is 18.2 Å². The molecule has 0 fully saturated rings. The number of hydrogen-bond donors (Lipinski definition) is 0. The molecule has 0 N–H and O–H groups in total. The van der Waals surface area contributed by atoms with Gasteiger partial charge in [-0.25, -0.2) is 4.39 Å². The van der Waals surface area contributed by atoms with E-state index in [9.17, 15) is 14.0 Å². The number of alkyl halides is 1. The fourth-order valence-electron chi connectivity index (χ4n) is 1.57. The van der Waals surface area contributed by atoms with Crippen LogP contribution in [0.1, 0.15) is 10.4 Å². The second kappa shape index (κ2) is 3.62. The van der Waals surface area contributed by atoms with Crippen LogP contribution in [-0.2, 0) is 4.79 Å². The van der Waals surface area contributed by atoms with Gasteiger partial charge in [0.15, 0.2) is 0 Å². The number of hydrogen-bond acceptors (Lipinski definition) is 2. The Morgan fingerprint density at radius 3 is 2.73 bits per heavy atom. The highest BCUT2D eigenvalue weighted by Crippen LogP contribution is 2.29. The van der Waals surface area contributed by atoms with E-state index < -0.39 is 17.5 Å². The quantitative estimate of drug-likeness (QED) is 0.568. The summed E-state index contributed by atoms with van der Waals surface area (Å²) in [6.45, 7) is 0.211. The minimum absolute atomic E-state index is 0.203. The van der Waals surface area contributed by atoms with Gasteiger partial charge in [0.25, 0.3) is 11.7 Å². The van der Waals surface area contributed by atoms with Crippen molar-refractivity contribution in [1.82, 2.24) is 0 Å². The van der Waals surface area contributed by atoms with Crippen LogP contribution in [-0.4, -0.2) is 24.1 Å². The molecule has 2 rings (SSSR count). The summed E-state index contributed by atoms with van der Waals surface area (Å²) in [4.78, 5) is 24.1. The van der Waals surface area contributed by atoms with Crippen LogP contribution in [0.5, 0.6) is 0 Å². The molecule has 1 aliphatic heterocycles. The number of amides is 1. The standard InChI is InChI=1S/C10H7ClFNO2/c11-3-4-13-8-5-6(12)1-2-7(8)9(14)10(13)15/h1-2,5H,3-4H2. The van der Waals surface area contributed by atoms with E-state index >= 15 is 0 Å². The largest absolute Gasteiger partial charge is 0.303 e. The SMILES string of the molecule is O=C1C(=O)N(CCCl)c2cc(F)ccc21. The number of anilines is 1. The van der Waals surface area contributed by atoms with Gasteiger partial charge in [-0.15, -0.1) is 11.6 Å². The van der Waals surface area contributed by atoms with E-state index in [-0.39, 0.29) is 18.0 Å². The molecule has 78 valence electrons. The van der Waals surface area contributed by atoms with Crippen molar-refractivity contribution in [2.45, 2.75) is 0 Å². The maximum atomic E-state index is 12.9. The minimum atomic E-state index is -0.642. The van der Waals surface area contributed by atoms with Crippen LogP contribution in [0.15, 0.2) is 18.2 Å². The molecule has 0 saturated heterocycles. The molecule has 0 aliphatic carbocycles. The number of nitrogens with zero attached hydrogens (tertiary/aromatic N) is 1. The highest BCUT2D eigenvalue weighted by atomic mass is 35.5. The van der Waals surface area contributed by atoms with E-state index in [4.69, 9.17) is 11.6 Å². The normalized spacial score (nSPS) is 14.7. The first-order valence-electron chi connectivity index (χ1n) is 4.37. The Morgan fingerprint density at radius 1 is 1.33 bits per heavy atom. The third-order valence-corrected chi connectivity index (χ3v) is 2.41. The zero-order valence-electron chi connectivity index (χ0n) is 7.67. The van der Waals surface area contributed by atoms with Gasteiger partial charge in [-0.1, -0.05) is 0 Å². The Hall–Kier alpha value is -1.42. The monoisotopic (exact) mass is 227 g/mol. The number of Topliss-reactive ketones (excluding diaryl/α,β-unsaturated/α-hetero) is 1. The molecule has 0 aromatic heterocycles. The van der Waals surface area contributed by atoms with Gasteiger partial charge in [0.05, 0.1) is 11.3 Å². The number of ketones is 1. The lowest BCUT2D eigenvalue weighted by atomic mass is 10.1. The van der Waals surface area contributed by atoms with E-state index in [1.807, 2.05) is 0 Å². The average molecular weight is 228 g/mol. The van der Waals surface area contributed by atoms with Gasteiger partial charge in [0.1, 0.15) is 5.82 Å². The number of benzene rings is 1. The Bertz CT molecular complexity index is 447. The maximum Gasteiger partial charge on any atom is 0.299 e. The number of carbonyl (C=O) groups is 2. The van der Waals surface area contributed by atoms with Crippen molar-refractivity contribution in [2.24, 2.45) is 0 Å². The molecule has 1 heterocycles. The molecule has 15 heavy (non-hydrogen) atoms. The van der Waals surface area contributed by atoms with Gasteiger partial charge < -0.3 is 4.90 Å². The highest BCUT2D eigenvalue weighted by molar-refractivity contribution is 6.52. The first-order valence-corrected chi connectivity index (χ1v) is 4.90. The zero-order valence-corrected chi connectivity index (χ0v) is 8.42. The molecule has 1 aliphatic rings. The number of rotatable bonds is 2.